The zero-order chi connectivity index (χ0) is 14.2. The molecule has 1 aliphatic rings. The molecule has 1 amide bonds. The molecule has 3 rings (SSSR count). The van der Waals surface area contributed by atoms with E-state index < -0.39 is 5.60 Å². The molecule has 20 heavy (non-hydrogen) atoms. The van der Waals surface area contributed by atoms with Crippen molar-refractivity contribution in [3.8, 4) is 0 Å². The van der Waals surface area contributed by atoms with Crippen LogP contribution in [-0.4, -0.2) is 28.1 Å². The van der Waals surface area contributed by atoms with Gasteiger partial charge in [0.1, 0.15) is 11.5 Å². The maximum Gasteiger partial charge on any atom is 0.267 e. The van der Waals surface area contributed by atoms with Gasteiger partial charge in [-0.15, -0.1) is 0 Å². The minimum absolute atomic E-state index is 0.240. The van der Waals surface area contributed by atoms with Gasteiger partial charge in [0, 0.05) is 17.4 Å². The predicted octanol–water partition coefficient (Wildman–Crippen LogP) is 2.34. The highest BCUT2D eigenvalue weighted by molar-refractivity contribution is 5.98. The number of rotatable bonds is 3. The van der Waals surface area contributed by atoms with Gasteiger partial charge in [-0.1, -0.05) is 18.9 Å². The van der Waals surface area contributed by atoms with Crippen LogP contribution in [0.2, 0.25) is 0 Å². The van der Waals surface area contributed by atoms with E-state index in [0.717, 1.165) is 12.8 Å². The van der Waals surface area contributed by atoms with E-state index in [1.54, 1.807) is 12.1 Å². The zero-order valence-corrected chi connectivity index (χ0v) is 11.1. The summed E-state index contributed by atoms with van der Waals surface area (Å²) in [5, 5.41) is 13.3. The minimum Gasteiger partial charge on any atom is -0.388 e. The number of halogens is 1. The summed E-state index contributed by atoms with van der Waals surface area (Å²) in [6, 6.07) is 6.18. The fraction of sp³-hybridized carbons (Fsp3) is 0.400. The number of carbonyl (C=O) groups excluding carboxylic acids is 1. The Balaban J connectivity index is 1.74. The summed E-state index contributed by atoms with van der Waals surface area (Å²) in [7, 11) is 0. The lowest BCUT2D eigenvalue weighted by Gasteiger charge is -2.22. The number of carbonyl (C=O) groups is 1. The number of aromatic amines is 1. The third-order valence-corrected chi connectivity index (χ3v) is 3.97. The molecule has 1 aromatic heterocycles. The van der Waals surface area contributed by atoms with Crippen LogP contribution < -0.4 is 5.32 Å². The molecule has 1 aromatic carbocycles. The second kappa shape index (κ2) is 4.90. The van der Waals surface area contributed by atoms with Crippen molar-refractivity contribution < 1.29 is 14.3 Å². The van der Waals surface area contributed by atoms with Gasteiger partial charge in [0.25, 0.3) is 5.91 Å². The van der Waals surface area contributed by atoms with Gasteiger partial charge in [-0.2, -0.15) is 0 Å². The van der Waals surface area contributed by atoms with Crippen LogP contribution in [0.1, 0.15) is 36.2 Å². The van der Waals surface area contributed by atoms with E-state index in [-0.39, 0.29) is 18.3 Å². The van der Waals surface area contributed by atoms with Gasteiger partial charge in [0.2, 0.25) is 0 Å². The van der Waals surface area contributed by atoms with Crippen LogP contribution in [0.25, 0.3) is 10.9 Å². The van der Waals surface area contributed by atoms with Crippen molar-refractivity contribution in [3.05, 3.63) is 35.8 Å². The van der Waals surface area contributed by atoms with Crippen molar-refractivity contribution in [2.75, 3.05) is 6.54 Å². The van der Waals surface area contributed by atoms with Crippen LogP contribution in [0.4, 0.5) is 4.39 Å². The first-order valence-electron chi connectivity index (χ1n) is 6.85. The maximum atomic E-state index is 13.6. The average molecular weight is 276 g/mol. The summed E-state index contributed by atoms with van der Waals surface area (Å²) >= 11 is 0. The van der Waals surface area contributed by atoms with E-state index in [1.165, 1.54) is 12.1 Å². The van der Waals surface area contributed by atoms with Crippen LogP contribution in [0.15, 0.2) is 24.3 Å². The molecule has 2 aromatic rings. The Morgan fingerprint density at radius 2 is 2.15 bits per heavy atom. The fourth-order valence-corrected chi connectivity index (χ4v) is 2.79. The Bertz CT molecular complexity index is 644. The zero-order valence-electron chi connectivity index (χ0n) is 11.1. The molecule has 3 N–H and O–H groups in total. The number of hydrogen-bond acceptors (Lipinski definition) is 2. The third kappa shape index (κ3) is 2.41. The normalized spacial score (nSPS) is 17.5. The Morgan fingerprint density at radius 3 is 2.85 bits per heavy atom. The maximum absolute atomic E-state index is 13.6. The van der Waals surface area contributed by atoms with Crippen LogP contribution in [0.5, 0.6) is 0 Å². The molecule has 0 aliphatic heterocycles. The predicted molar refractivity (Wildman–Crippen MR) is 74.0 cm³/mol. The number of amides is 1. The van der Waals surface area contributed by atoms with E-state index in [0.29, 0.717) is 29.4 Å². The molecule has 0 spiro atoms. The molecule has 0 bridgehead atoms. The summed E-state index contributed by atoms with van der Waals surface area (Å²) in [4.78, 5) is 14.9. The van der Waals surface area contributed by atoms with E-state index in [1.807, 2.05) is 0 Å². The van der Waals surface area contributed by atoms with Crippen molar-refractivity contribution in [1.29, 1.82) is 0 Å². The second-order valence-electron chi connectivity index (χ2n) is 5.50. The van der Waals surface area contributed by atoms with Gasteiger partial charge >= 0.3 is 0 Å². The fourth-order valence-electron chi connectivity index (χ4n) is 2.79. The van der Waals surface area contributed by atoms with E-state index >= 15 is 0 Å². The lowest BCUT2D eigenvalue weighted by Crippen LogP contribution is -2.40. The molecule has 0 saturated heterocycles. The van der Waals surface area contributed by atoms with Crippen molar-refractivity contribution in [1.82, 2.24) is 10.3 Å². The molecular formula is C15H17FN2O2. The van der Waals surface area contributed by atoms with Gasteiger partial charge in [0.05, 0.1) is 5.60 Å². The van der Waals surface area contributed by atoms with Gasteiger partial charge in [-0.25, -0.2) is 4.39 Å². The Hall–Kier alpha value is -1.88. The number of H-pyrrole nitrogens is 1. The number of nitrogens with one attached hydrogen (secondary N) is 2. The van der Waals surface area contributed by atoms with Crippen molar-refractivity contribution in [2.24, 2.45) is 0 Å². The van der Waals surface area contributed by atoms with Crippen LogP contribution in [0, 0.1) is 5.82 Å². The van der Waals surface area contributed by atoms with Gasteiger partial charge < -0.3 is 15.4 Å². The first kappa shape index (κ1) is 13.1. The standard InChI is InChI=1S/C15H17FN2O2/c16-11-4-3-5-12-10(11)8-13(18-12)14(19)17-9-15(20)6-1-2-7-15/h3-5,8,18,20H,1-2,6-7,9H2,(H,17,19). The molecule has 0 radical (unpaired) electrons. The molecule has 4 nitrogen and oxygen atoms in total. The smallest absolute Gasteiger partial charge is 0.267 e. The number of benzene rings is 1. The Labute approximate surface area is 116 Å². The summed E-state index contributed by atoms with van der Waals surface area (Å²) in [6.07, 6.45) is 3.41. The van der Waals surface area contributed by atoms with Gasteiger partial charge in [-0.3, -0.25) is 4.79 Å². The lowest BCUT2D eigenvalue weighted by molar-refractivity contribution is 0.0449. The quantitative estimate of drug-likeness (QED) is 0.805. The number of fused-ring (bicyclic) bond motifs is 1. The summed E-state index contributed by atoms with van der Waals surface area (Å²) in [5.74, 6) is -0.673. The first-order chi connectivity index (χ1) is 9.57. The Morgan fingerprint density at radius 1 is 1.40 bits per heavy atom. The number of hydrogen-bond donors (Lipinski definition) is 3. The topological polar surface area (TPSA) is 65.1 Å². The molecular weight excluding hydrogens is 259 g/mol. The van der Waals surface area contributed by atoms with Crippen LogP contribution >= 0.6 is 0 Å². The van der Waals surface area contributed by atoms with E-state index in [4.69, 9.17) is 0 Å². The molecule has 106 valence electrons. The molecule has 1 saturated carbocycles. The van der Waals surface area contributed by atoms with Crippen LogP contribution in [-0.2, 0) is 0 Å². The van der Waals surface area contributed by atoms with Crippen molar-refractivity contribution in [3.63, 3.8) is 0 Å². The molecule has 1 fully saturated rings. The SMILES string of the molecule is O=C(NCC1(O)CCCC1)c1cc2c(F)cccc2[nH]1. The highest BCUT2D eigenvalue weighted by Crippen LogP contribution is 2.28. The average Bonchev–Trinajstić information content (AvgIpc) is 3.04. The molecule has 0 unspecified atom stereocenters. The van der Waals surface area contributed by atoms with E-state index in [2.05, 4.69) is 10.3 Å². The molecule has 1 heterocycles. The third-order valence-electron chi connectivity index (χ3n) is 3.97. The first-order valence-corrected chi connectivity index (χ1v) is 6.85. The minimum atomic E-state index is -0.785. The largest absolute Gasteiger partial charge is 0.388 e. The van der Waals surface area contributed by atoms with Crippen molar-refractivity contribution >= 4 is 16.8 Å². The Kier molecular flexibility index (Phi) is 3.22. The monoisotopic (exact) mass is 276 g/mol. The molecule has 1 aliphatic carbocycles. The van der Waals surface area contributed by atoms with Gasteiger partial charge in [0.15, 0.2) is 0 Å². The summed E-state index contributed by atoms with van der Waals surface area (Å²) < 4.78 is 13.6. The highest BCUT2D eigenvalue weighted by atomic mass is 19.1. The van der Waals surface area contributed by atoms with Crippen LogP contribution in [0.3, 0.4) is 0 Å². The lowest BCUT2D eigenvalue weighted by atomic mass is 10.0. The molecule has 5 heteroatoms. The second-order valence-corrected chi connectivity index (χ2v) is 5.50. The van der Waals surface area contributed by atoms with Gasteiger partial charge in [-0.05, 0) is 31.0 Å². The van der Waals surface area contributed by atoms with Crippen molar-refractivity contribution in [2.45, 2.75) is 31.3 Å². The van der Waals surface area contributed by atoms with E-state index in [9.17, 15) is 14.3 Å². The number of aliphatic hydroxyl groups is 1. The molecule has 0 atom stereocenters. The summed E-state index contributed by atoms with van der Waals surface area (Å²) in [6.45, 7) is 0.240. The number of aromatic nitrogens is 1. The highest BCUT2D eigenvalue weighted by Gasteiger charge is 2.31. The summed E-state index contributed by atoms with van der Waals surface area (Å²) in [5.41, 5.74) is 0.119.